The van der Waals surface area contributed by atoms with Crippen LogP contribution in [0, 0.1) is 18.3 Å². The highest BCUT2D eigenvalue weighted by Gasteiger charge is 2.25. The first kappa shape index (κ1) is 16.8. The van der Waals surface area contributed by atoms with E-state index >= 15 is 0 Å². The molecule has 2 aromatic rings. The first-order valence-corrected chi connectivity index (χ1v) is 7.33. The molecule has 0 aliphatic heterocycles. The molecule has 0 aliphatic carbocycles. The Morgan fingerprint density at radius 3 is 2.52 bits per heavy atom. The van der Waals surface area contributed by atoms with Crippen LogP contribution in [0.5, 0.6) is 5.88 Å². The van der Waals surface area contributed by atoms with Gasteiger partial charge in [-0.1, -0.05) is 23.7 Å². The Bertz CT molecular complexity index is 780. The normalized spacial score (nSPS) is 10.0. The van der Waals surface area contributed by atoms with Crippen LogP contribution >= 0.6 is 11.6 Å². The molecule has 0 radical (unpaired) electrons. The van der Waals surface area contributed by atoms with E-state index in [-0.39, 0.29) is 23.6 Å². The third-order valence-electron chi connectivity index (χ3n) is 3.26. The topological polar surface area (TPSA) is 72.2 Å². The maximum atomic E-state index is 12.4. The van der Waals surface area contributed by atoms with Crippen LogP contribution in [0.15, 0.2) is 24.3 Å². The summed E-state index contributed by atoms with van der Waals surface area (Å²) in [5.74, 6) is -0.357. The Balaban J connectivity index is 2.83. The van der Waals surface area contributed by atoms with Gasteiger partial charge in [0.15, 0.2) is 0 Å². The molecule has 0 bridgehead atoms. The first-order chi connectivity index (χ1) is 11.0. The number of aryl methyl sites for hydroxylation is 1. The molecule has 0 aliphatic rings. The molecule has 0 amide bonds. The van der Waals surface area contributed by atoms with Gasteiger partial charge in [-0.2, -0.15) is 5.26 Å². The second-order valence-electron chi connectivity index (χ2n) is 4.67. The molecule has 23 heavy (non-hydrogen) atoms. The number of halogens is 1. The van der Waals surface area contributed by atoms with Crippen LogP contribution in [0.4, 0.5) is 0 Å². The van der Waals surface area contributed by atoms with Gasteiger partial charge in [-0.05, 0) is 31.5 Å². The number of ether oxygens (including phenoxy) is 2. The number of methoxy groups -OCH3 is 1. The number of aromatic nitrogens is 1. The van der Waals surface area contributed by atoms with E-state index in [4.69, 9.17) is 21.1 Å². The fraction of sp³-hybridized carbons (Fsp3) is 0.235. The summed E-state index contributed by atoms with van der Waals surface area (Å²) >= 11 is 5.92. The number of nitrogens with zero attached hydrogens (tertiary/aromatic N) is 2. The average molecular weight is 331 g/mol. The molecular weight excluding hydrogens is 316 g/mol. The molecule has 2 rings (SSSR count). The van der Waals surface area contributed by atoms with Gasteiger partial charge in [0.05, 0.1) is 25.0 Å². The van der Waals surface area contributed by atoms with Gasteiger partial charge in [-0.25, -0.2) is 9.78 Å². The molecule has 118 valence electrons. The number of rotatable bonds is 4. The number of carbonyl (C=O) groups excluding carboxylic acids is 1. The van der Waals surface area contributed by atoms with E-state index in [1.165, 1.54) is 7.11 Å². The summed E-state index contributed by atoms with van der Waals surface area (Å²) in [5, 5.41) is 10.1. The van der Waals surface area contributed by atoms with E-state index in [9.17, 15) is 10.1 Å². The molecule has 6 heteroatoms. The lowest BCUT2D eigenvalue weighted by Crippen LogP contribution is -2.12. The van der Waals surface area contributed by atoms with Gasteiger partial charge in [-0.15, -0.1) is 0 Å². The van der Waals surface area contributed by atoms with Crippen molar-refractivity contribution in [2.75, 3.05) is 13.7 Å². The van der Waals surface area contributed by atoms with Gasteiger partial charge < -0.3 is 9.47 Å². The van der Waals surface area contributed by atoms with Crippen LogP contribution in [0.3, 0.4) is 0 Å². The zero-order valence-corrected chi connectivity index (χ0v) is 13.8. The summed E-state index contributed by atoms with van der Waals surface area (Å²) in [6, 6.07) is 8.92. The van der Waals surface area contributed by atoms with Crippen molar-refractivity contribution in [2.45, 2.75) is 13.8 Å². The van der Waals surface area contributed by atoms with E-state index in [2.05, 4.69) is 11.1 Å². The van der Waals surface area contributed by atoms with Gasteiger partial charge >= 0.3 is 5.97 Å². The van der Waals surface area contributed by atoms with Crippen molar-refractivity contribution < 1.29 is 14.3 Å². The lowest BCUT2D eigenvalue weighted by Gasteiger charge is -2.15. The highest BCUT2D eigenvalue weighted by Crippen LogP contribution is 2.35. The molecule has 5 nitrogen and oxygen atoms in total. The molecule has 1 aromatic heterocycles. The molecular formula is C17H15ClN2O3. The van der Waals surface area contributed by atoms with E-state index in [1.807, 2.05) is 0 Å². The van der Waals surface area contributed by atoms with Crippen LogP contribution in [0.2, 0.25) is 5.02 Å². The summed E-state index contributed by atoms with van der Waals surface area (Å²) < 4.78 is 10.3. The molecule has 0 atom stereocenters. The standard InChI is InChI=1S/C17H15ClN2O3/c1-4-23-17(21)14-10(2)20-16(22-3)13(9-19)15(14)11-5-7-12(18)8-6-11/h5-8H,4H2,1-3H3. The summed E-state index contributed by atoms with van der Waals surface area (Å²) in [6.45, 7) is 3.62. The van der Waals surface area contributed by atoms with Crippen LogP contribution in [0.25, 0.3) is 11.1 Å². The Labute approximate surface area is 139 Å². The number of esters is 1. The second kappa shape index (κ2) is 7.12. The monoisotopic (exact) mass is 330 g/mol. The van der Waals surface area contributed by atoms with E-state index in [0.717, 1.165) is 0 Å². The van der Waals surface area contributed by atoms with Crippen molar-refractivity contribution in [1.29, 1.82) is 5.26 Å². The molecule has 0 saturated carbocycles. The Kier molecular flexibility index (Phi) is 5.20. The van der Waals surface area contributed by atoms with Crippen LogP contribution in [0.1, 0.15) is 28.5 Å². The summed E-state index contributed by atoms with van der Waals surface area (Å²) in [7, 11) is 1.43. The highest BCUT2D eigenvalue weighted by molar-refractivity contribution is 6.30. The van der Waals surface area contributed by atoms with Gasteiger partial charge in [0, 0.05) is 10.6 Å². The summed E-state index contributed by atoms with van der Waals surface area (Å²) in [4.78, 5) is 16.6. The minimum absolute atomic E-state index is 0.169. The van der Waals surface area contributed by atoms with Crippen molar-refractivity contribution in [3.05, 3.63) is 46.1 Å². The number of hydrogen-bond acceptors (Lipinski definition) is 5. The molecule has 0 unspecified atom stereocenters. The number of pyridine rings is 1. The lowest BCUT2D eigenvalue weighted by atomic mass is 9.94. The van der Waals surface area contributed by atoms with E-state index in [0.29, 0.717) is 21.8 Å². The maximum Gasteiger partial charge on any atom is 0.340 e. The van der Waals surface area contributed by atoms with E-state index in [1.54, 1.807) is 38.1 Å². The fourth-order valence-electron chi connectivity index (χ4n) is 2.29. The molecule has 0 saturated heterocycles. The van der Waals surface area contributed by atoms with Gasteiger partial charge in [0.2, 0.25) is 5.88 Å². The van der Waals surface area contributed by atoms with Gasteiger partial charge in [-0.3, -0.25) is 0 Å². The minimum atomic E-state index is -0.526. The van der Waals surface area contributed by atoms with Crippen LogP contribution in [-0.2, 0) is 4.74 Å². The summed E-state index contributed by atoms with van der Waals surface area (Å²) in [6.07, 6.45) is 0. The Hall–Kier alpha value is -2.58. The lowest BCUT2D eigenvalue weighted by molar-refractivity contribution is 0.0526. The third kappa shape index (κ3) is 3.27. The zero-order chi connectivity index (χ0) is 17.0. The predicted molar refractivity (Wildman–Crippen MR) is 86.6 cm³/mol. The van der Waals surface area contributed by atoms with Crippen molar-refractivity contribution >= 4 is 17.6 Å². The Morgan fingerprint density at radius 1 is 1.35 bits per heavy atom. The third-order valence-corrected chi connectivity index (χ3v) is 3.51. The molecule has 1 heterocycles. The SMILES string of the molecule is CCOC(=O)c1c(C)nc(OC)c(C#N)c1-c1ccc(Cl)cc1. The van der Waals surface area contributed by atoms with Crippen molar-refractivity contribution in [2.24, 2.45) is 0 Å². The number of nitriles is 1. The largest absolute Gasteiger partial charge is 0.480 e. The molecule has 0 fully saturated rings. The Morgan fingerprint density at radius 2 is 2.00 bits per heavy atom. The fourth-order valence-corrected chi connectivity index (χ4v) is 2.41. The van der Waals surface area contributed by atoms with Crippen molar-refractivity contribution in [1.82, 2.24) is 4.98 Å². The van der Waals surface area contributed by atoms with E-state index < -0.39 is 5.97 Å². The molecule has 0 N–H and O–H groups in total. The molecule has 1 aromatic carbocycles. The number of benzene rings is 1. The smallest absolute Gasteiger partial charge is 0.340 e. The molecule has 0 spiro atoms. The maximum absolute atomic E-state index is 12.4. The second-order valence-corrected chi connectivity index (χ2v) is 5.11. The average Bonchev–Trinajstić information content (AvgIpc) is 2.54. The van der Waals surface area contributed by atoms with Crippen molar-refractivity contribution in [3.63, 3.8) is 0 Å². The van der Waals surface area contributed by atoms with Crippen LogP contribution in [-0.4, -0.2) is 24.7 Å². The van der Waals surface area contributed by atoms with Crippen LogP contribution < -0.4 is 4.74 Å². The number of carbonyl (C=O) groups is 1. The first-order valence-electron chi connectivity index (χ1n) is 6.95. The highest BCUT2D eigenvalue weighted by atomic mass is 35.5. The van der Waals surface area contributed by atoms with Gasteiger partial charge in [0.25, 0.3) is 0 Å². The quantitative estimate of drug-likeness (QED) is 0.798. The number of hydrogen-bond donors (Lipinski definition) is 0. The predicted octanol–water partition coefficient (Wildman–Crippen LogP) is 3.77. The van der Waals surface area contributed by atoms with Crippen molar-refractivity contribution in [3.8, 4) is 23.1 Å². The minimum Gasteiger partial charge on any atom is -0.480 e. The van der Waals surface area contributed by atoms with Gasteiger partial charge in [0.1, 0.15) is 11.6 Å². The zero-order valence-electron chi connectivity index (χ0n) is 13.0. The summed E-state index contributed by atoms with van der Waals surface area (Å²) in [5.41, 5.74) is 1.98.